The number of aryl methyl sites for hydroxylation is 1. The highest BCUT2D eigenvalue weighted by Gasteiger charge is 2.48. The van der Waals surface area contributed by atoms with E-state index in [4.69, 9.17) is 5.11 Å². The van der Waals surface area contributed by atoms with Gasteiger partial charge in [-0.2, -0.15) is 0 Å². The molecule has 1 aliphatic rings. The number of hydrogen-bond acceptors (Lipinski definition) is 3. The third-order valence-electron chi connectivity index (χ3n) is 4.94. The number of anilines is 1. The number of carboxylic acids is 1. The number of hydrogen-bond donors (Lipinski definition) is 2. The van der Waals surface area contributed by atoms with Crippen LogP contribution in [0.1, 0.15) is 31.4 Å². The van der Waals surface area contributed by atoms with E-state index in [0.29, 0.717) is 5.69 Å². The fourth-order valence-electron chi connectivity index (χ4n) is 3.65. The van der Waals surface area contributed by atoms with Crippen molar-refractivity contribution >= 4 is 17.6 Å². The number of nitrogens with zero attached hydrogens (tertiary/aromatic N) is 1. The maximum atomic E-state index is 13.0. The molecule has 0 saturated carbocycles. The monoisotopic (exact) mass is 352 g/mol. The number of aliphatic carboxylic acids is 1. The summed E-state index contributed by atoms with van der Waals surface area (Å²) >= 11 is 0. The van der Waals surface area contributed by atoms with E-state index in [1.807, 2.05) is 43.3 Å². The van der Waals surface area contributed by atoms with Crippen LogP contribution in [0.5, 0.6) is 0 Å². The average molecular weight is 352 g/mol. The molecule has 0 aliphatic carbocycles. The van der Waals surface area contributed by atoms with Crippen molar-refractivity contribution in [3.05, 3.63) is 65.7 Å². The lowest BCUT2D eigenvalue weighted by Gasteiger charge is -2.29. The first-order chi connectivity index (χ1) is 12.4. The van der Waals surface area contributed by atoms with Crippen LogP contribution in [0, 0.1) is 0 Å². The quantitative estimate of drug-likeness (QED) is 0.804. The molecule has 136 valence electrons. The summed E-state index contributed by atoms with van der Waals surface area (Å²) in [6.45, 7) is 3.57. The average Bonchev–Trinajstić information content (AvgIpc) is 2.83. The topological polar surface area (TPSA) is 69.6 Å². The molecule has 0 aromatic heterocycles. The Balaban J connectivity index is 1.77. The van der Waals surface area contributed by atoms with E-state index in [1.54, 1.807) is 6.07 Å². The number of carbonyl (C=O) groups excluding carboxylic acids is 1. The first kappa shape index (κ1) is 18.1. The number of benzene rings is 2. The normalized spacial score (nSPS) is 20.1. The van der Waals surface area contributed by atoms with Crippen LogP contribution in [0.4, 0.5) is 5.69 Å². The third-order valence-corrected chi connectivity index (χ3v) is 4.94. The molecule has 0 fully saturated rings. The molecule has 2 unspecified atom stereocenters. The van der Waals surface area contributed by atoms with Crippen molar-refractivity contribution in [2.45, 2.75) is 38.3 Å². The lowest BCUT2D eigenvalue weighted by atomic mass is 9.92. The van der Waals surface area contributed by atoms with Crippen molar-refractivity contribution in [3.8, 4) is 0 Å². The van der Waals surface area contributed by atoms with Crippen LogP contribution in [0.3, 0.4) is 0 Å². The Morgan fingerprint density at radius 3 is 2.50 bits per heavy atom. The van der Waals surface area contributed by atoms with E-state index >= 15 is 0 Å². The van der Waals surface area contributed by atoms with Gasteiger partial charge < -0.3 is 5.11 Å². The largest absolute Gasteiger partial charge is 0.480 e. The van der Waals surface area contributed by atoms with Crippen LogP contribution in [-0.2, 0) is 21.5 Å². The Hall–Kier alpha value is -2.66. The van der Waals surface area contributed by atoms with Gasteiger partial charge in [-0.25, -0.2) is 0 Å². The smallest absolute Gasteiger partial charge is 0.323 e. The molecule has 2 N–H and O–H groups in total. The zero-order valence-corrected chi connectivity index (χ0v) is 15.1. The SMILES string of the molecule is CC(CCc1ccccc1)NC1(C)C(=O)N(CC(=O)O)c2ccccc21. The predicted molar refractivity (Wildman–Crippen MR) is 101 cm³/mol. The minimum atomic E-state index is -1.02. The van der Waals surface area contributed by atoms with Crippen molar-refractivity contribution in [1.82, 2.24) is 5.32 Å². The highest BCUT2D eigenvalue weighted by molar-refractivity contribution is 6.09. The summed E-state index contributed by atoms with van der Waals surface area (Å²) in [4.78, 5) is 25.6. The summed E-state index contributed by atoms with van der Waals surface area (Å²) in [5, 5.41) is 12.6. The molecule has 1 amide bonds. The van der Waals surface area contributed by atoms with Crippen molar-refractivity contribution in [1.29, 1.82) is 0 Å². The van der Waals surface area contributed by atoms with Gasteiger partial charge in [-0.15, -0.1) is 0 Å². The van der Waals surface area contributed by atoms with E-state index in [-0.39, 0.29) is 18.5 Å². The predicted octanol–water partition coefficient (Wildman–Crippen LogP) is 2.94. The summed E-state index contributed by atoms with van der Waals surface area (Å²) in [5.74, 6) is -1.23. The van der Waals surface area contributed by atoms with Crippen LogP contribution in [0.25, 0.3) is 0 Å². The maximum Gasteiger partial charge on any atom is 0.323 e. The van der Waals surface area contributed by atoms with E-state index in [2.05, 4.69) is 24.4 Å². The van der Waals surface area contributed by atoms with Crippen LogP contribution in [0.2, 0.25) is 0 Å². The Morgan fingerprint density at radius 1 is 1.15 bits per heavy atom. The zero-order valence-electron chi connectivity index (χ0n) is 15.1. The van der Waals surface area contributed by atoms with E-state index in [9.17, 15) is 9.59 Å². The summed E-state index contributed by atoms with van der Waals surface area (Å²) in [7, 11) is 0. The molecule has 5 nitrogen and oxygen atoms in total. The standard InChI is InChI=1S/C21H24N2O3/c1-15(12-13-16-8-4-3-5-9-16)22-21(2)17-10-6-7-11-18(17)23(20(21)26)14-19(24)25/h3-11,15,22H,12-14H2,1-2H3,(H,24,25). The Labute approximate surface area is 153 Å². The van der Waals surface area contributed by atoms with E-state index < -0.39 is 11.5 Å². The Kier molecular flexibility index (Phi) is 5.09. The van der Waals surface area contributed by atoms with Gasteiger partial charge in [-0.3, -0.25) is 19.8 Å². The first-order valence-electron chi connectivity index (χ1n) is 8.86. The molecule has 2 atom stereocenters. The number of carbonyl (C=O) groups is 2. The molecule has 1 heterocycles. The van der Waals surface area contributed by atoms with Gasteiger partial charge in [0.05, 0.1) is 0 Å². The second kappa shape index (κ2) is 7.30. The van der Waals surface area contributed by atoms with E-state index in [1.165, 1.54) is 10.5 Å². The van der Waals surface area contributed by atoms with Gasteiger partial charge >= 0.3 is 5.97 Å². The Bertz CT molecular complexity index is 806. The molecule has 5 heteroatoms. The van der Waals surface area contributed by atoms with Crippen molar-refractivity contribution in [2.75, 3.05) is 11.4 Å². The molecular weight excluding hydrogens is 328 g/mol. The maximum absolute atomic E-state index is 13.0. The molecule has 26 heavy (non-hydrogen) atoms. The highest BCUT2D eigenvalue weighted by Crippen LogP contribution is 2.40. The number of para-hydroxylation sites is 1. The minimum absolute atomic E-state index is 0.0991. The number of carboxylic acid groups (broad SMARTS) is 1. The third kappa shape index (κ3) is 3.48. The van der Waals surface area contributed by atoms with Gasteiger partial charge in [0.25, 0.3) is 5.91 Å². The molecule has 0 saturated heterocycles. The molecule has 0 spiro atoms. The molecule has 2 aromatic carbocycles. The fraction of sp³-hybridized carbons (Fsp3) is 0.333. The molecule has 1 aliphatic heterocycles. The van der Waals surface area contributed by atoms with Crippen molar-refractivity contribution in [2.24, 2.45) is 0 Å². The lowest BCUT2D eigenvalue weighted by molar-refractivity contribution is -0.137. The molecule has 0 radical (unpaired) electrons. The van der Waals surface area contributed by atoms with Gasteiger partial charge in [0.2, 0.25) is 0 Å². The second-order valence-corrected chi connectivity index (χ2v) is 7.00. The van der Waals surface area contributed by atoms with Crippen LogP contribution >= 0.6 is 0 Å². The van der Waals surface area contributed by atoms with Crippen LogP contribution in [0.15, 0.2) is 54.6 Å². The van der Waals surface area contributed by atoms with Crippen LogP contribution < -0.4 is 10.2 Å². The Morgan fingerprint density at radius 2 is 1.81 bits per heavy atom. The van der Waals surface area contributed by atoms with Gasteiger partial charge in [-0.05, 0) is 38.3 Å². The van der Waals surface area contributed by atoms with Gasteiger partial charge in [-0.1, -0.05) is 48.5 Å². The van der Waals surface area contributed by atoms with Crippen LogP contribution in [-0.4, -0.2) is 29.6 Å². The molecule has 2 aromatic rings. The number of fused-ring (bicyclic) bond motifs is 1. The zero-order chi connectivity index (χ0) is 18.7. The minimum Gasteiger partial charge on any atom is -0.480 e. The summed E-state index contributed by atoms with van der Waals surface area (Å²) in [6.07, 6.45) is 1.80. The first-order valence-corrected chi connectivity index (χ1v) is 8.86. The molecule has 3 rings (SSSR count). The summed E-state index contributed by atoms with van der Waals surface area (Å²) < 4.78 is 0. The summed E-state index contributed by atoms with van der Waals surface area (Å²) in [6, 6.07) is 17.7. The fourth-order valence-corrected chi connectivity index (χ4v) is 3.65. The van der Waals surface area contributed by atoms with Gasteiger partial charge in [0.1, 0.15) is 12.1 Å². The number of amides is 1. The second-order valence-electron chi connectivity index (χ2n) is 7.00. The lowest BCUT2D eigenvalue weighted by Crippen LogP contribution is -2.52. The van der Waals surface area contributed by atoms with E-state index in [0.717, 1.165) is 18.4 Å². The summed E-state index contributed by atoms with van der Waals surface area (Å²) in [5.41, 5.74) is 1.85. The number of nitrogens with one attached hydrogen (secondary N) is 1. The van der Waals surface area contributed by atoms with Crippen molar-refractivity contribution < 1.29 is 14.7 Å². The van der Waals surface area contributed by atoms with Crippen molar-refractivity contribution in [3.63, 3.8) is 0 Å². The van der Waals surface area contributed by atoms with Gasteiger partial charge in [0, 0.05) is 17.3 Å². The molecular formula is C21H24N2O3. The van der Waals surface area contributed by atoms with Gasteiger partial charge in [0.15, 0.2) is 0 Å². The molecule has 0 bridgehead atoms. The number of rotatable bonds is 7. The highest BCUT2D eigenvalue weighted by atomic mass is 16.4.